The van der Waals surface area contributed by atoms with Crippen molar-refractivity contribution < 1.29 is 5.11 Å². The molecule has 0 radical (unpaired) electrons. The summed E-state index contributed by atoms with van der Waals surface area (Å²) in [6.45, 7) is 0. The summed E-state index contributed by atoms with van der Waals surface area (Å²) in [5.41, 5.74) is 2.39. The molecule has 0 aliphatic heterocycles. The number of hydrogen-bond acceptors (Lipinski definition) is 4. The lowest BCUT2D eigenvalue weighted by Gasteiger charge is -2.08. The molecule has 0 saturated heterocycles. The lowest BCUT2D eigenvalue weighted by molar-refractivity contribution is 0.477. The molecule has 110 valence electrons. The predicted octanol–water partition coefficient (Wildman–Crippen LogP) is 4.30. The molecular weight excluding hydrogens is 321 g/mol. The molecule has 1 N–H and O–H groups in total. The lowest BCUT2D eigenvalue weighted by Crippen LogP contribution is -1.98. The molecule has 3 aromatic rings. The summed E-state index contributed by atoms with van der Waals surface area (Å²) >= 11 is 11.9. The topological polar surface area (TPSA) is 58.9 Å². The van der Waals surface area contributed by atoms with Crippen LogP contribution in [-0.2, 0) is 5.88 Å². The monoisotopic (exact) mass is 331 g/mol. The Labute approximate surface area is 137 Å². The number of pyridine rings is 1. The summed E-state index contributed by atoms with van der Waals surface area (Å²) in [5, 5.41) is 10.6. The third-order valence-corrected chi connectivity index (χ3v) is 3.56. The minimum atomic E-state index is 0.145. The van der Waals surface area contributed by atoms with Crippen LogP contribution in [0.15, 0.2) is 48.7 Å². The molecule has 0 unspecified atom stereocenters. The molecule has 0 spiro atoms. The zero-order valence-corrected chi connectivity index (χ0v) is 12.9. The van der Waals surface area contributed by atoms with E-state index in [-0.39, 0.29) is 11.6 Å². The van der Waals surface area contributed by atoms with Crippen LogP contribution in [0.5, 0.6) is 5.75 Å². The van der Waals surface area contributed by atoms with E-state index in [1.165, 1.54) is 0 Å². The van der Waals surface area contributed by atoms with Crippen molar-refractivity contribution in [1.29, 1.82) is 0 Å². The van der Waals surface area contributed by atoms with Gasteiger partial charge in [0.25, 0.3) is 0 Å². The molecule has 0 bridgehead atoms. The van der Waals surface area contributed by atoms with Crippen LogP contribution in [0, 0.1) is 0 Å². The van der Waals surface area contributed by atoms with Crippen LogP contribution in [0.25, 0.3) is 22.8 Å². The maximum absolute atomic E-state index is 10.0. The van der Waals surface area contributed by atoms with E-state index in [0.29, 0.717) is 33.5 Å². The molecule has 2 aromatic heterocycles. The first kappa shape index (κ1) is 14.8. The van der Waals surface area contributed by atoms with Crippen molar-refractivity contribution in [3.05, 3.63) is 59.4 Å². The van der Waals surface area contributed by atoms with Gasteiger partial charge in [0.15, 0.2) is 5.82 Å². The van der Waals surface area contributed by atoms with Crippen LogP contribution in [0.2, 0.25) is 5.02 Å². The van der Waals surface area contributed by atoms with Gasteiger partial charge in [-0.3, -0.25) is 4.98 Å². The van der Waals surface area contributed by atoms with Gasteiger partial charge in [0.1, 0.15) is 11.4 Å². The highest BCUT2D eigenvalue weighted by atomic mass is 35.5. The van der Waals surface area contributed by atoms with Crippen molar-refractivity contribution in [2.45, 2.75) is 5.88 Å². The molecule has 0 atom stereocenters. The van der Waals surface area contributed by atoms with Gasteiger partial charge in [0, 0.05) is 16.8 Å². The predicted molar refractivity (Wildman–Crippen MR) is 86.9 cm³/mol. The minimum Gasteiger partial charge on any atom is -0.507 e. The van der Waals surface area contributed by atoms with Crippen LogP contribution in [0.4, 0.5) is 0 Å². The second-order valence-electron chi connectivity index (χ2n) is 4.58. The molecule has 4 nitrogen and oxygen atoms in total. The highest BCUT2D eigenvalue weighted by Crippen LogP contribution is 2.29. The lowest BCUT2D eigenvalue weighted by atomic mass is 10.1. The first-order valence-electron chi connectivity index (χ1n) is 6.51. The Morgan fingerprint density at radius 3 is 2.55 bits per heavy atom. The zero-order valence-electron chi connectivity index (χ0n) is 11.4. The summed E-state index contributed by atoms with van der Waals surface area (Å²) in [5.74, 6) is 0.794. The van der Waals surface area contributed by atoms with Crippen molar-refractivity contribution >= 4 is 23.2 Å². The van der Waals surface area contributed by atoms with E-state index < -0.39 is 0 Å². The van der Waals surface area contributed by atoms with E-state index >= 15 is 0 Å². The second-order valence-corrected chi connectivity index (χ2v) is 5.28. The van der Waals surface area contributed by atoms with Gasteiger partial charge in [0.05, 0.1) is 17.3 Å². The zero-order chi connectivity index (χ0) is 15.5. The van der Waals surface area contributed by atoms with Crippen LogP contribution >= 0.6 is 23.2 Å². The molecule has 0 amide bonds. The molecule has 0 aliphatic rings. The van der Waals surface area contributed by atoms with E-state index in [1.54, 1.807) is 42.6 Å². The number of para-hydroxylation sites is 1. The number of alkyl halides is 1. The summed E-state index contributed by atoms with van der Waals surface area (Å²) in [6.07, 6.45) is 1.59. The molecule has 22 heavy (non-hydrogen) atoms. The molecule has 0 saturated carbocycles. The summed E-state index contributed by atoms with van der Waals surface area (Å²) < 4.78 is 0. The summed E-state index contributed by atoms with van der Waals surface area (Å²) in [7, 11) is 0. The van der Waals surface area contributed by atoms with Crippen LogP contribution in [0.3, 0.4) is 0 Å². The smallest absolute Gasteiger partial charge is 0.179 e. The number of aromatic hydroxyl groups is 1. The van der Waals surface area contributed by atoms with Crippen molar-refractivity contribution in [2.75, 3.05) is 0 Å². The van der Waals surface area contributed by atoms with E-state index in [1.807, 2.05) is 6.07 Å². The molecule has 0 fully saturated rings. The Morgan fingerprint density at radius 1 is 1.00 bits per heavy atom. The first-order chi connectivity index (χ1) is 10.7. The molecular formula is C16H11Cl2N3O. The van der Waals surface area contributed by atoms with Crippen LogP contribution < -0.4 is 0 Å². The highest BCUT2D eigenvalue weighted by Gasteiger charge is 2.12. The van der Waals surface area contributed by atoms with Gasteiger partial charge in [-0.15, -0.1) is 11.6 Å². The average Bonchev–Trinajstić information content (AvgIpc) is 2.55. The number of aromatic nitrogens is 3. The van der Waals surface area contributed by atoms with Gasteiger partial charge >= 0.3 is 0 Å². The Morgan fingerprint density at radius 2 is 1.82 bits per heavy atom. The van der Waals surface area contributed by atoms with Gasteiger partial charge in [-0.2, -0.15) is 0 Å². The highest BCUT2D eigenvalue weighted by molar-refractivity contribution is 6.30. The quantitative estimate of drug-likeness (QED) is 0.727. The van der Waals surface area contributed by atoms with Gasteiger partial charge in [0.2, 0.25) is 0 Å². The fourth-order valence-electron chi connectivity index (χ4n) is 2.04. The molecule has 1 aromatic carbocycles. The fraction of sp³-hybridized carbons (Fsp3) is 0.0625. The standard InChI is InChI=1S/C16H11Cl2N3O/c17-9-11-8-13(12-3-1-2-4-15(12)22)21-16(20-11)14-7-10(18)5-6-19-14/h1-8,22H,9H2. The largest absolute Gasteiger partial charge is 0.507 e. The first-order valence-corrected chi connectivity index (χ1v) is 7.43. The number of rotatable bonds is 3. The maximum atomic E-state index is 10.0. The Kier molecular flexibility index (Phi) is 4.22. The van der Waals surface area contributed by atoms with Crippen LogP contribution in [0.1, 0.15) is 5.69 Å². The average molecular weight is 332 g/mol. The van der Waals surface area contributed by atoms with Crippen molar-refractivity contribution in [3.8, 4) is 28.5 Å². The normalized spacial score (nSPS) is 10.6. The molecule has 3 rings (SSSR count). The van der Waals surface area contributed by atoms with Crippen molar-refractivity contribution in [1.82, 2.24) is 15.0 Å². The van der Waals surface area contributed by atoms with E-state index in [0.717, 1.165) is 0 Å². The molecule has 2 heterocycles. The third kappa shape index (κ3) is 3.03. The third-order valence-electron chi connectivity index (χ3n) is 3.05. The number of phenolic OH excluding ortho intramolecular Hbond substituents is 1. The number of benzene rings is 1. The van der Waals surface area contributed by atoms with Gasteiger partial charge in [-0.25, -0.2) is 9.97 Å². The Balaban J connectivity index is 2.17. The summed E-state index contributed by atoms with van der Waals surface area (Å²) in [4.78, 5) is 13.1. The van der Waals surface area contributed by atoms with E-state index in [4.69, 9.17) is 23.2 Å². The van der Waals surface area contributed by atoms with Crippen molar-refractivity contribution in [2.24, 2.45) is 0 Å². The number of hydrogen-bond donors (Lipinski definition) is 1. The molecule has 6 heteroatoms. The molecule has 0 aliphatic carbocycles. The second kappa shape index (κ2) is 6.30. The number of halogens is 2. The maximum Gasteiger partial charge on any atom is 0.179 e. The van der Waals surface area contributed by atoms with Crippen molar-refractivity contribution in [3.63, 3.8) is 0 Å². The fourth-order valence-corrected chi connectivity index (χ4v) is 2.33. The van der Waals surface area contributed by atoms with Crippen LogP contribution in [-0.4, -0.2) is 20.1 Å². The summed E-state index contributed by atoms with van der Waals surface area (Å²) in [6, 6.07) is 12.1. The Bertz CT molecular complexity index is 824. The minimum absolute atomic E-state index is 0.145. The number of nitrogens with zero attached hydrogens (tertiary/aromatic N) is 3. The SMILES string of the molecule is Oc1ccccc1-c1cc(CCl)nc(-c2cc(Cl)ccn2)n1. The van der Waals surface area contributed by atoms with E-state index in [9.17, 15) is 5.11 Å². The van der Waals surface area contributed by atoms with Gasteiger partial charge in [-0.1, -0.05) is 23.7 Å². The van der Waals surface area contributed by atoms with E-state index in [2.05, 4.69) is 15.0 Å². The van der Waals surface area contributed by atoms with Gasteiger partial charge < -0.3 is 5.11 Å². The van der Waals surface area contributed by atoms with Gasteiger partial charge in [-0.05, 0) is 30.3 Å². The number of phenols is 1. The Hall–Kier alpha value is -2.17.